The Labute approximate surface area is 274 Å². The summed E-state index contributed by atoms with van der Waals surface area (Å²) in [5.41, 5.74) is 9.06. The monoisotopic (exact) mass is 632 g/mol. The Morgan fingerprint density at radius 2 is 1.53 bits per heavy atom. The lowest BCUT2D eigenvalue weighted by Gasteiger charge is -2.19. The van der Waals surface area contributed by atoms with Gasteiger partial charge in [0, 0.05) is 31.0 Å². The van der Waals surface area contributed by atoms with Crippen molar-refractivity contribution in [3.63, 3.8) is 0 Å². The van der Waals surface area contributed by atoms with Crippen LogP contribution in [0.4, 0.5) is 0 Å². The third kappa shape index (κ3) is 8.71. The Morgan fingerprint density at radius 1 is 0.851 bits per heavy atom. The zero-order valence-electron chi connectivity index (χ0n) is 27.0. The number of hydrogen-bond acceptors (Lipinski definition) is 6. The second-order valence-corrected chi connectivity index (χ2v) is 11.6. The van der Waals surface area contributed by atoms with Gasteiger partial charge in [-0.1, -0.05) is 79.7 Å². The number of aryl methyl sites for hydroxylation is 2. The van der Waals surface area contributed by atoms with E-state index in [0.29, 0.717) is 24.1 Å². The zero-order valence-corrected chi connectivity index (χ0v) is 27.0. The predicted molar refractivity (Wildman–Crippen MR) is 181 cm³/mol. The number of nitrogens with one attached hydrogen (secondary N) is 2. The van der Waals surface area contributed by atoms with Crippen molar-refractivity contribution in [1.82, 2.24) is 20.3 Å². The number of nitrogens with zero attached hydrogens (tertiary/aromatic N) is 2. The van der Waals surface area contributed by atoms with E-state index in [0.717, 1.165) is 52.0 Å². The Hall–Kier alpha value is -5.28. The van der Waals surface area contributed by atoms with Crippen molar-refractivity contribution in [3.8, 4) is 0 Å². The van der Waals surface area contributed by atoms with Gasteiger partial charge in [0.15, 0.2) is 0 Å². The summed E-state index contributed by atoms with van der Waals surface area (Å²) in [6, 6.07) is 29.9. The van der Waals surface area contributed by atoms with Gasteiger partial charge in [-0.15, -0.1) is 0 Å². The normalized spacial score (nSPS) is 11.6. The molecule has 0 bridgehead atoms. The molecule has 0 saturated heterocycles. The van der Waals surface area contributed by atoms with E-state index < -0.39 is 6.04 Å². The lowest BCUT2D eigenvalue weighted by Crippen LogP contribution is -2.40. The van der Waals surface area contributed by atoms with Crippen LogP contribution in [0.15, 0.2) is 97.1 Å². The molecule has 2 N–H and O–H groups in total. The molecule has 1 unspecified atom stereocenters. The second-order valence-electron chi connectivity index (χ2n) is 11.6. The number of amides is 2. The number of rotatable bonds is 14. The third-order valence-corrected chi connectivity index (χ3v) is 7.92. The third-order valence-electron chi connectivity index (χ3n) is 7.92. The summed E-state index contributed by atoms with van der Waals surface area (Å²) >= 11 is 0. The smallest absolute Gasteiger partial charge is 0.337 e. The van der Waals surface area contributed by atoms with Crippen LogP contribution in [0, 0.1) is 6.92 Å². The number of aromatic nitrogens is 2. The van der Waals surface area contributed by atoms with Crippen LogP contribution < -0.4 is 10.8 Å². The molecular formula is C38H40N4O5. The van der Waals surface area contributed by atoms with Gasteiger partial charge in [-0.25, -0.2) is 15.3 Å². The number of hydrogen-bond donors (Lipinski definition) is 2. The molecule has 4 aromatic carbocycles. The highest BCUT2D eigenvalue weighted by Gasteiger charge is 2.21. The molecule has 5 aromatic rings. The molecule has 0 aliphatic carbocycles. The first-order valence-electron chi connectivity index (χ1n) is 15.8. The number of ether oxygens (including phenoxy) is 1. The minimum atomic E-state index is -0.470. The van der Waals surface area contributed by atoms with E-state index >= 15 is 0 Å². The predicted octanol–water partition coefficient (Wildman–Crippen LogP) is 6.11. The van der Waals surface area contributed by atoms with Gasteiger partial charge in [-0.3, -0.25) is 14.4 Å². The van der Waals surface area contributed by atoms with Gasteiger partial charge in [0.2, 0.25) is 5.91 Å². The molecule has 0 aliphatic heterocycles. The van der Waals surface area contributed by atoms with Crippen molar-refractivity contribution < 1.29 is 24.0 Å². The molecule has 47 heavy (non-hydrogen) atoms. The largest absolute Gasteiger partial charge is 0.465 e. The van der Waals surface area contributed by atoms with E-state index in [1.165, 1.54) is 7.11 Å². The molecule has 2 amide bonds. The van der Waals surface area contributed by atoms with E-state index in [1.807, 2.05) is 91.9 Å². The Bertz CT molecular complexity index is 1820. The van der Waals surface area contributed by atoms with Crippen LogP contribution in [0.3, 0.4) is 0 Å². The lowest BCUT2D eigenvalue weighted by molar-refractivity contribution is -0.135. The molecule has 1 atom stereocenters. The second kappa shape index (κ2) is 15.8. The maximum atomic E-state index is 13.7. The SMILES string of the molecule is CCCc1nc2cc(C(=O)NC(CC(=O)NOCc3ccccc3)Cc3ccccc3)cc(C)c2n1Cc1ccc(C(=O)OC)cc1. The summed E-state index contributed by atoms with van der Waals surface area (Å²) in [7, 11) is 1.37. The molecule has 0 spiro atoms. The first-order valence-corrected chi connectivity index (χ1v) is 15.8. The van der Waals surface area contributed by atoms with Crippen molar-refractivity contribution in [2.24, 2.45) is 0 Å². The summed E-state index contributed by atoms with van der Waals surface area (Å²) in [6.45, 7) is 4.90. The molecular weight excluding hydrogens is 592 g/mol. The van der Waals surface area contributed by atoms with Crippen LogP contribution in [0.1, 0.15) is 68.6 Å². The van der Waals surface area contributed by atoms with Gasteiger partial charge in [0.1, 0.15) is 5.82 Å². The molecule has 9 nitrogen and oxygen atoms in total. The highest BCUT2D eigenvalue weighted by atomic mass is 16.6. The fraction of sp³-hybridized carbons (Fsp3) is 0.263. The van der Waals surface area contributed by atoms with Gasteiger partial charge in [0.25, 0.3) is 5.91 Å². The van der Waals surface area contributed by atoms with Crippen LogP contribution in [-0.2, 0) is 40.4 Å². The molecule has 242 valence electrons. The quantitative estimate of drug-likeness (QED) is 0.113. The minimum Gasteiger partial charge on any atom is -0.465 e. The van der Waals surface area contributed by atoms with Gasteiger partial charge in [-0.05, 0) is 66.3 Å². The van der Waals surface area contributed by atoms with Gasteiger partial charge < -0.3 is 14.6 Å². The lowest BCUT2D eigenvalue weighted by atomic mass is 10.0. The van der Waals surface area contributed by atoms with Gasteiger partial charge >= 0.3 is 5.97 Å². The Balaban J connectivity index is 1.34. The van der Waals surface area contributed by atoms with Gasteiger partial charge in [-0.2, -0.15) is 0 Å². The first-order chi connectivity index (χ1) is 22.8. The number of hydroxylamine groups is 1. The average Bonchev–Trinajstić information content (AvgIpc) is 3.42. The van der Waals surface area contributed by atoms with E-state index in [2.05, 4.69) is 22.3 Å². The number of carbonyl (C=O) groups is 3. The summed E-state index contributed by atoms with van der Waals surface area (Å²) in [4.78, 5) is 48.8. The number of benzene rings is 4. The number of fused-ring (bicyclic) bond motifs is 1. The topological polar surface area (TPSA) is 112 Å². The minimum absolute atomic E-state index is 0.0424. The maximum absolute atomic E-state index is 13.7. The average molecular weight is 633 g/mol. The van der Waals surface area contributed by atoms with Crippen molar-refractivity contribution in [2.75, 3.05) is 7.11 Å². The summed E-state index contributed by atoms with van der Waals surface area (Å²) in [5, 5.41) is 3.09. The fourth-order valence-electron chi connectivity index (χ4n) is 5.67. The van der Waals surface area contributed by atoms with Crippen molar-refractivity contribution in [2.45, 2.75) is 58.7 Å². The Kier molecular flexibility index (Phi) is 11.1. The van der Waals surface area contributed by atoms with Crippen LogP contribution >= 0.6 is 0 Å². The molecule has 5 rings (SSSR count). The Morgan fingerprint density at radius 3 is 2.19 bits per heavy atom. The van der Waals surface area contributed by atoms with Crippen LogP contribution in [0.5, 0.6) is 0 Å². The standard InChI is InChI=1S/C38H40N4O5/c1-4-11-34-40-33-22-31(20-26(2)36(33)42(34)24-28-16-18-30(19-17-28)38(45)46-3)37(44)39-32(21-27-12-7-5-8-13-27)23-35(43)41-47-25-29-14-9-6-10-15-29/h5-10,12-20,22,32H,4,11,21,23-25H2,1-3H3,(H,39,44)(H,41,43). The fourth-order valence-corrected chi connectivity index (χ4v) is 5.67. The highest BCUT2D eigenvalue weighted by molar-refractivity contribution is 5.99. The van der Waals surface area contributed by atoms with Crippen molar-refractivity contribution >= 4 is 28.8 Å². The van der Waals surface area contributed by atoms with E-state index in [4.69, 9.17) is 14.6 Å². The summed E-state index contributed by atoms with van der Waals surface area (Å²) < 4.78 is 7.01. The van der Waals surface area contributed by atoms with Crippen LogP contribution in [-0.4, -0.2) is 40.5 Å². The summed E-state index contributed by atoms with van der Waals surface area (Å²) in [6.07, 6.45) is 2.20. The number of imidazole rings is 1. The van der Waals surface area contributed by atoms with Crippen molar-refractivity contribution in [3.05, 3.63) is 136 Å². The first kappa shape index (κ1) is 33.1. The van der Waals surface area contributed by atoms with E-state index in [-0.39, 0.29) is 30.8 Å². The van der Waals surface area contributed by atoms with Crippen LogP contribution in [0.2, 0.25) is 0 Å². The molecule has 0 radical (unpaired) electrons. The highest BCUT2D eigenvalue weighted by Crippen LogP contribution is 2.25. The van der Waals surface area contributed by atoms with Crippen LogP contribution in [0.25, 0.3) is 11.0 Å². The van der Waals surface area contributed by atoms with E-state index in [1.54, 1.807) is 12.1 Å². The molecule has 1 aromatic heterocycles. The molecule has 0 saturated carbocycles. The zero-order chi connectivity index (χ0) is 33.2. The number of carbonyl (C=O) groups excluding carboxylic acids is 3. The van der Waals surface area contributed by atoms with Crippen molar-refractivity contribution in [1.29, 1.82) is 0 Å². The number of esters is 1. The molecule has 0 fully saturated rings. The maximum Gasteiger partial charge on any atom is 0.337 e. The summed E-state index contributed by atoms with van der Waals surface area (Å²) in [5.74, 6) is -0.0504. The molecule has 0 aliphatic rings. The molecule has 1 heterocycles. The van der Waals surface area contributed by atoms with E-state index in [9.17, 15) is 14.4 Å². The number of methoxy groups -OCH3 is 1. The van der Waals surface area contributed by atoms with Gasteiger partial charge in [0.05, 0.1) is 30.3 Å². The molecule has 9 heteroatoms.